The molecule has 0 aromatic heterocycles. The zero-order chi connectivity index (χ0) is 12.2. The van der Waals surface area contributed by atoms with E-state index in [4.69, 9.17) is 5.73 Å². The molecular weight excluding hydrogens is 196 g/mol. The van der Waals surface area contributed by atoms with Crippen molar-refractivity contribution in [3.8, 4) is 0 Å². The highest BCUT2D eigenvalue weighted by atomic mass is 16.5. The number of carbonyl (C=O) groups excluding carboxylic acids is 2. The number of methoxy groups -OCH3 is 1. The van der Waals surface area contributed by atoms with E-state index in [0.717, 1.165) is 0 Å². The summed E-state index contributed by atoms with van der Waals surface area (Å²) < 4.78 is 4.59. The molecule has 0 bridgehead atoms. The molecule has 0 fully saturated rings. The van der Waals surface area contributed by atoms with Gasteiger partial charge in [-0.05, 0) is 19.8 Å². The summed E-state index contributed by atoms with van der Waals surface area (Å²) in [6.07, 6.45) is 0. The number of rotatable bonds is 4. The predicted octanol–water partition coefficient (Wildman–Crippen LogP) is 0.0375. The van der Waals surface area contributed by atoms with E-state index in [1.54, 1.807) is 13.8 Å². The van der Waals surface area contributed by atoms with Gasteiger partial charge in [-0.3, -0.25) is 4.79 Å². The van der Waals surface area contributed by atoms with Crippen LogP contribution in [0.3, 0.4) is 0 Å². The third-order valence-electron chi connectivity index (χ3n) is 1.99. The number of esters is 1. The van der Waals surface area contributed by atoms with Crippen molar-refractivity contribution >= 4 is 11.9 Å². The highest BCUT2D eigenvalue weighted by Crippen LogP contribution is 2.06. The van der Waals surface area contributed by atoms with Crippen molar-refractivity contribution in [1.82, 2.24) is 5.32 Å². The van der Waals surface area contributed by atoms with E-state index < -0.39 is 17.6 Å². The van der Waals surface area contributed by atoms with Crippen molar-refractivity contribution in [3.63, 3.8) is 0 Å². The molecule has 1 amide bonds. The van der Waals surface area contributed by atoms with E-state index in [9.17, 15) is 9.59 Å². The number of carbonyl (C=O) groups is 2. The molecule has 5 nitrogen and oxygen atoms in total. The van der Waals surface area contributed by atoms with E-state index in [-0.39, 0.29) is 11.8 Å². The maximum atomic E-state index is 11.6. The molecule has 0 aliphatic heterocycles. The summed E-state index contributed by atoms with van der Waals surface area (Å²) in [5, 5.41) is 2.57. The topological polar surface area (TPSA) is 81.4 Å². The highest BCUT2D eigenvalue weighted by molar-refractivity contribution is 5.89. The fraction of sp³-hybridized carbons (Fsp3) is 0.800. The average Bonchev–Trinajstić information content (AvgIpc) is 2.10. The molecule has 1 atom stereocenters. The van der Waals surface area contributed by atoms with Gasteiger partial charge in [0.2, 0.25) is 5.91 Å². The number of hydrogen-bond donors (Lipinski definition) is 2. The normalized spacial score (nSPS) is 13.5. The molecule has 0 spiro atoms. The quantitative estimate of drug-likeness (QED) is 0.650. The minimum Gasteiger partial charge on any atom is -0.467 e. The fourth-order valence-corrected chi connectivity index (χ4v) is 0.952. The molecule has 0 aromatic rings. The van der Waals surface area contributed by atoms with Crippen molar-refractivity contribution < 1.29 is 14.3 Å². The van der Waals surface area contributed by atoms with Gasteiger partial charge in [-0.2, -0.15) is 0 Å². The van der Waals surface area contributed by atoms with Gasteiger partial charge in [-0.25, -0.2) is 4.79 Å². The summed E-state index contributed by atoms with van der Waals surface area (Å²) in [5.41, 5.74) is 4.61. The van der Waals surface area contributed by atoms with Gasteiger partial charge in [0, 0.05) is 0 Å². The van der Waals surface area contributed by atoms with Crippen LogP contribution in [0, 0.1) is 5.92 Å². The van der Waals surface area contributed by atoms with Crippen LogP contribution in [-0.4, -0.2) is 30.6 Å². The number of amides is 1. The number of ether oxygens (including phenoxy) is 1. The molecule has 0 unspecified atom stereocenters. The van der Waals surface area contributed by atoms with Gasteiger partial charge in [0.25, 0.3) is 0 Å². The molecule has 3 N–H and O–H groups in total. The maximum Gasteiger partial charge on any atom is 0.328 e. The lowest BCUT2D eigenvalue weighted by molar-refractivity contribution is -0.146. The zero-order valence-electron chi connectivity index (χ0n) is 9.96. The van der Waals surface area contributed by atoms with Crippen LogP contribution >= 0.6 is 0 Å². The maximum absolute atomic E-state index is 11.6. The Kier molecular flexibility index (Phi) is 4.74. The minimum absolute atomic E-state index is 0.0382. The van der Waals surface area contributed by atoms with Crippen molar-refractivity contribution in [3.05, 3.63) is 0 Å². The van der Waals surface area contributed by atoms with Gasteiger partial charge < -0.3 is 15.8 Å². The van der Waals surface area contributed by atoms with Gasteiger partial charge >= 0.3 is 5.97 Å². The lowest BCUT2D eigenvalue weighted by Gasteiger charge is -2.24. The van der Waals surface area contributed by atoms with Crippen LogP contribution in [0.25, 0.3) is 0 Å². The Labute approximate surface area is 90.4 Å². The van der Waals surface area contributed by atoms with Gasteiger partial charge in [0.15, 0.2) is 0 Å². The Hall–Kier alpha value is -1.10. The molecule has 0 saturated carbocycles. The van der Waals surface area contributed by atoms with E-state index >= 15 is 0 Å². The van der Waals surface area contributed by atoms with Crippen molar-refractivity contribution in [2.24, 2.45) is 11.7 Å². The molecular formula is C10H20N2O3. The van der Waals surface area contributed by atoms with Crippen LogP contribution in [0.5, 0.6) is 0 Å². The highest BCUT2D eigenvalue weighted by Gasteiger charge is 2.30. The molecule has 0 aliphatic rings. The average molecular weight is 216 g/mol. The second-order valence-corrected chi connectivity index (χ2v) is 4.44. The third kappa shape index (κ3) is 4.29. The lowest BCUT2D eigenvalue weighted by Crippen LogP contribution is -2.55. The molecule has 0 aromatic carbocycles. The monoisotopic (exact) mass is 216 g/mol. The summed E-state index contributed by atoms with van der Waals surface area (Å²) in [5.74, 6) is -0.863. The Morgan fingerprint density at radius 3 is 2.07 bits per heavy atom. The van der Waals surface area contributed by atoms with Crippen LogP contribution in [0.4, 0.5) is 0 Å². The third-order valence-corrected chi connectivity index (χ3v) is 1.99. The fourth-order valence-electron chi connectivity index (χ4n) is 0.952. The van der Waals surface area contributed by atoms with E-state index in [0.29, 0.717) is 0 Å². The summed E-state index contributed by atoms with van der Waals surface area (Å²) in [7, 11) is 1.29. The van der Waals surface area contributed by atoms with Crippen LogP contribution in [0.1, 0.15) is 27.7 Å². The van der Waals surface area contributed by atoms with E-state index in [1.165, 1.54) is 7.11 Å². The first-order valence-corrected chi connectivity index (χ1v) is 4.87. The number of hydrogen-bond acceptors (Lipinski definition) is 4. The molecule has 0 rings (SSSR count). The minimum atomic E-state index is -0.999. The Balaban J connectivity index is 4.57. The molecule has 88 valence electrons. The molecule has 5 heteroatoms. The van der Waals surface area contributed by atoms with Gasteiger partial charge in [-0.1, -0.05) is 13.8 Å². The van der Waals surface area contributed by atoms with E-state index in [2.05, 4.69) is 10.1 Å². The summed E-state index contributed by atoms with van der Waals surface area (Å²) in [4.78, 5) is 22.9. The second-order valence-electron chi connectivity index (χ2n) is 4.44. The van der Waals surface area contributed by atoms with E-state index in [1.807, 2.05) is 13.8 Å². The summed E-state index contributed by atoms with van der Waals surface area (Å²) in [6.45, 7) is 6.81. The zero-order valence-corrected chi connectivity index (χ0v) is 9.96. The van der Waals surface area contributed by atoms with Crippen LogP contribution in [0.2, 0.25) is 0 Å². The van der Waals surface area contributed by atoms with Gasteiger partial charge in [0.05, 0.1) is 12.6 Å². The molecule has 0 radical (unpaired) electrons. The van der Waals surface area contributed by atoms with Crippen LogP contribution in [-0.2, 0) is 14.3 Å². The van der Waals surface area contributed by atoms with Crippen LogP contribution in [0.15, 0.2) is 0 Å². The first kappa shape index (κ1) is 13.9. The Bertz CT molecular complexity index is 244. The van der Waals surface area contributed by atoms with Crippen molar-refractivity contribution in [2.75, 3.05) is 7.11 Å². The standard InChI is InChI=1S/C10H20N2O3/c1-6(2)7(8(13)15-5)12-9(14)10(3,4)11/h6-7H,11H2,1-5H3,(H,12,14)/t7-/m0/s1. The lowest BCUT2D eigenvalue weighted by atomic mass is 10.0. The molecule has 0 heterocycles. The molecule has 15 heavy (non-hydrogen) atoms. The number of nitrogens with one attached hydrogen (secondary N) is 1. The molecule has 0 saturated heterocycles. The van der Waals surface area contributed by atoms with Gasteiger partial charge in [-0.15, -0.1) is 0 Å². The van der Waals surface area contributed by atoms with Crippen LogP contribution < -0.4 is 11.1 Å². The largest absolute Gasteiger partial charge is 0.467 e. The van der Waals surface area contributed by atoms with Gasteiger partial charge in [0.1, 0.15) is 6.04 Å². The summed E-state index contributed by atoms with van der Waals surface area (Å²) in [6, 6.07) is -0.648. The Morgan fingerprint density at radius 1 is 1.33 bits per heavy atom. The van der Waals surface area contributed by atoms with Crippen molar-refractivity contribution in [1.29, 1.82) is 0 Å². The smallest absolute Gasteiger partial charge is 0.328 e. The first-order valence-electron chi connectivity index (χ1n) is 4.87. The Morgan fingerprint density at radius 2 is 1.80 bits per heavy atom. The number of nitrogens with two attached hydrogens (primary N) is 1. The first-order chi connectivity index (χ1) is 6.70. The predicted molar refractivity (Wildman–Crippen MR) is 57.1 cm³/mol. The SMILES string of the molecule is COC(=O)[C@@H](NC(=O)C(C)(C)N)C(C)C. The van der Waals surface area contributed by atoms with Crippen molar-refractivity contribution in [2.45, 2.75) is 39.3 Å². The second kappa shape index (κ2) is 5.11. The molecule has 0 aliphatic carbocycles. The summed E-state index contributed by atoms with van der Waals surface area (Å²) >= 11 is 0.